The van der Waals surface area contributed by atoms with Crippen LogP contribution in [0.4, 0.5) is 0 Å². The van der Waals surface area contributed by atoms with Crippen LogP contribution in [0.5, 0.6) is 5.75 Å². The topological polar surface area (TPSA) is 55.0 Å². The lowest BCUT2D eigenvalue weighted by Crippen LogP contribution is -2.08. The number of H-pyrrole nitrogens is 1. The molecule has 2 aromatic rings. The van der Waals surface area contributed by atoms with Gasteiger partial charge in [-0.15, -0.1) is 0 Å². The van der Waals surface area contributed by atoms with Crippen LogP contribution in [0.15, 0.2) is 17.2 Å². The van der Waals surface area contributed by atoms with Crippen molar-refractivity contribution in [1.29, 1.82) is 0 Å². The number of hydrogen-bond acceptors (Lipinski definition) is 3. The highest BCUT2D eigenvalue weighted by Gasteiger charge is 2.12. The van der Waals surface area contributed by atoms with Crippen LogP contribution in [-0.4, -0.2) is 17.1 Å². The van der Waals surface area contributed by atoms with E-state index in [9.17, 15) is 4.79 Å². The highest BCUT2D eigenvalue weighted by Crippen LogP contribution is 2.30. The molecule has 0 radical (unpaired) electrons. The Hall–Kier alpha value is -1.55. The molecule has 5 heteroatoms. The van der Waals surface area contributed by atoms with Crippen LogP contribution in [0.2, 0.25) is 5.02 Å². The van der Waals surface area contributed by atoms with E-state index in [0.717, 1.165) is 5.56 Å². The molecule has 1 N–H and O–H groups in total. The van der Waals surface area contributed by atoms with Crippen LogP contribution in [0.3, 0.4) is 0 Å². The van der Waals surface area contributed by atoms with E-state index in [0.29, 0.717) is 21.7 Å². The zero-order valence-electron chi connectivity index (χ0n) is 8.30. The summed E-state index contributed by atoms with van der Waals surface area (Å²) in [4.78, 5) is 18.1. The summed E-state index contributed by atoms with van der Waals surface area (Å²) in [5.41, 5.74) is 1.05. The first-order valence-corrected chi connectivity index (χ1v) is 4.73. The molecule has 0 aliphatic rings. The summed E-state index contributed by atoms with van der Waals surface area (Å²) in [6, 6.07) is 1.72. The Morgan fingerprint density at radius 1 is 1.53 bits per heavy atom. The van der Waals surface area contributed by atoms with Crippen molar-refractivity contribution in [2.45, 2.75) is 6.92 Å². The van der Waals surface area contributed by atoms with Crippen LogP contribution in [0.25, 0.3) is 10.9 Å². The number of hydrogen-bond donors (Lipinski definition) is 1. The van der Waals surface area contributed by atoms with Gasteiger partial charge in [0.1, 0.15) is 16.7 Å². The fraction of sp³-hybridized carbons (Fsp3) is 0.200. The van der Waals surface area contributed by atoms with Gasteiger partial charge in [-0.3, -0.25) is 4.79 Å². The summed E-state index contributed by atoms with van der Waals surface area (Å²) in [6.07, 6.45) is 1.33. The van der Waals surface area contributed by atoms with E-state index < -0.39 is 0 Å². The summed E-state index contributed by atoms with van der Waals surface area (Å²) in [7, 11) is 1.51. The molecule has 0 amide bonds. The van der Waals surface area contributed by atoms with Crippen LogP contribution >= 0.6 is 11.6 Å². The fourth-order valence-electron chi connectivity index (χ4n) is 1.47. The first kappa shape index (κ1) is 9.98. The molecule has 0 aliphatic carbocycles. The molecular formula is C10H9ClN2O2. The summed E-state index contributed by atoms with van der Waals surface area (Å²) in [5.74, 6) is 0.487. The van der Waals surface area contributed by atoms with Gasteiger partial charge >= 0.3 is 0 Å². The Labute approximate surface area is 90.9 Å². The molecule has 1 aromatic carbocycles. The maximum atomic E-state index is 11.6. The van der Waals surface area contributed by atoms with Crippen molar-refractivity contribution < 1.29 is 4.74 Å². The van der Waals surface area contributed by atoms with Crippen molar-refractivity contribution in [3.05, 3.63) is 33.3 Å². The minimum absolute atomic E-state index is 0.251. The zero-order valence-corrected chi connectivity index (χ0v) is 9.05. The van der Waals surface area contributed by atoms with Crippen molar-refractivity contribution in [3.8, 4) is 5.75 Å². The molecule has 0 bridgehead atoms. The van der Waals surface area contributed by atoms with E-state index in [-0.39, 0.29) is 5.56 Å². The van der Waals surface area contributed by atoms with E-state index in [1.807, 2.05) is 6.92 Å². The van der Waals surface area contributed by atoms with E-state index in [4.69, 9.17) is 16.3 Å². The number of aromatic amines is 1. The van der Waals surface area contributed by atoms with Gasteiger partial charge in [-0.1, -0.05) is 11.6 Å². The molecule has 0 spiro atoms. The average Bonchev–Trinajstić information content (AvgIpc) is 2.23. The number of aromatic nitrogens is 2. The van der Waals surface area contributed by atoms with Gasteiger partial charge in [0.25, 0.3) is 5.56 Å². The highest BCUT2D eigenvalue weighted by molar-refractivity contribution is 6.36. The number of benzene rings is 1. The SMILES string of the molecule is COc1cc(C)c(Cl)c2nc[nH]c(=O)c12. The zero-order chi connectivity index (χ0) is 11.0. The maximum absolute atomic E-state index is 11.6. The largest absolute Gasteiger partial charge is 0.496 e. The molecule has 0 fully saturated rings. The fourth-order valence-corrected chi connectivity index (χ4v) is 1.67. The van der Waals surface area contributed by atoms with Crippen LogP contribution in [0, 0.1) is 6.92 Å². The van der Waals surface area contributed by atoms with E-state index in [1.54, 1.807) is 6.07 Å². The lowest BCUT2D eigenvalue weighted by Gasteiger charge is -2.07. The second-order valence-corrected chi connectivity index (χ2v) is 3.54. The Bertz CT molecular complexity index is 577. The molecule has 0 saturated carbocycles. The number of aryl methyl sites for hydroxylation is 1. The minimum atomic E-state index is -0.251. The average molecular weight is 225 g/mol. The molecule has 15 heavy (non-hydrogen) atoms. The first-order valence-electron chi connectivity index (χ1n) is 4.35. The number of halogens is 1. The number of ether oxygens (including phenoxy) is 1. The summed E-state index contributed by atoms with van der Waals surface area (Å²) in [5, 5.41) is 0.868. The third kappa shape index (κ3) is 1.47. The predicted octanol–water partition coefficient (Wildman–Crippen LogP) is 1.89. The molecule has 78 valence electrons. The summed E-state index contributed by atoms with van der Waals surface area (Å²) >= 11 is 6.06. The number of rotatable bonds is 1. The summed E-state index contributed by atoms with van der Waals surface area (Å²) < 4.78 is 5.13. The second kappa shape index (κ2) is 3.55. The number of methoxy groups -OCH3 is 1. The lowest BCUT2D eigenvalue weighted by molar-refractivity contribution is 0.419. The van der Waals surface area contributed by atoms with Crippen molar-refractivity contribution in [1.82, 2.24) is 9.97 Å². The third-order valence-corrected chi connectivity index (χ3v) is 2.70. The summed E-state index contributed by atoms with van der Waals surface area (Å²) in [6.45, 7) is 1.84. The van der Waals surface area contributed by atoms with Crippen molar-refractivity contribution in [3.63, 3.8) is 0 Å². The maximum Gasteiger partial charge on any atom is 0.262 e. The van der Waals surface area contributed by atoms with E-state index in [2.05, 4.69) is 9.97 Å². The van der Waals surface area contributed by atoms with Crippen LogP contribution in [-0.2, 0) is 0 Å². The third-order valence-electron chi connectivity index (χ3n) is 2.22. The van der Waals surface area contributed by atoms with E-state index in [1.165, 1.54) is 13.4 Å². The molecule has 0 atom stereocenters. The molecule has 4 nitrogen and oxygen atoms in total. The Morgan fingerprint density at radius 2 is 2.27 bits per heavy atom. The number of fused-ring (bicyclic) bond motifs is 1. The highest BCUT2D eigenvalue weighted by atomic mass is 35.5. The molecular weight excluding hydrogens is 216 g/mol. The van der Waals surface area contributed by atoms with Gasteiger partial charge in [-0.05, 0) is 18.6 Å². The molecule has 1 aromatic heterocycles. The van der Waals surface area contributed by atoms with Gasteiger partial charge < -0.3 is 9.72 Å². The van der Waals surface area contributed by atoms with Crippen molar-refractivity contribution in [2.75, 3.05) is 7.11 Å². The van der Waals surface area contributed by atoms with Gasteiger partial charge in [0.15, 0.2) is 0 Å². The molecule has 2 rings (SSSR count). The Morgan fingerprint density at radius 3 is 2.93 bits per heavy atom. The standard InChI is InChI=1S/C10H9ClN2O2/c1-5-3-6(15-2)7-9(8(5)11)12-4-13-10(7)14/h3-4H,1-2H3,(H,12,13,14). The van der Waals surface area contributed by atoms with Gasteiger partial charge in [-0.25, -0.2) is 4.98 Å². The van der Waals surface area contributed by atoms with E-state index >= 15 is 0 Å². The monoisotopic (exact) mass is 224 g/mol. The minimum Gasteiger partial charge on any atom is -0.496 e. The van der Waals surface area contributed by atoms with Gasteiger partial charge in [0.2, 0.25) is 0 Å². The molecule has 1 heterocycles. The smallest absolute Gasteiger partial charge is 0.262 e. The Balaban J connectivity index is 3.03. The second-order valence-electron chi connectivity index (χ2n) is 3.16. The normalized spacial score (nSPS) is 10.6. The molecule has 0 unspecified atom stereocenters. The van der Waals surface area contributed by atoms with Crippen LogP contribution in [0.1, 0.15) is 5.56 Å². The lowest BCUT2D eigenvalue weighted by atomic mass is 10.1. The predicted molar refractivity (Wildman–Crippen MR) is 58.7 cm³/mol. The number of nitrogens with one attached hydrogen (secondary N) is 1. The number of nitrogens with zero attached hydrogens (tertiary/aromatic N) is 1. The van der Waals surface area contributed by atoms with Gasteiger partial charge in [0, 0.05) is 0 Å². The Kier molecular flexibility index (Phi) is 2.36. The molecule has 0 aliphatic heterocycles. The van der Waals surface area contributed by atoms with Gasteiger partial charge in [0.05, 0.1) is 18.5 Å². The molecule has 0 saturated heterocycles. The van der Waals surface area contributed by atoms with Crippen LogP contribution < -0.4 is 10.3 Å². The first-order chi connectivity index (χ1) is 7.15. The van der Waals surface area contributed by atoms with Crippen molar-refractivity contribution in [2.24, 2.45) is 0 Å². The van der Waals surface area contributed by atoms with Crippen molar-refractivity contribution >= 4 is 22.5 Å². The quantitative estimate of drug-likeness (QED) is 0.805. The van der Waals surface area contributed by atoms with Gasteiger partial charge in [-0.2, -0.15) is 0 Å².